The van der Waals surface area contributed by atoms with Gasteiger partial charge in [0.15, 0.2) is 0 Å². The quantitative estimate of drug-likeness (QED) is 0.333. The second-order valence-electron chi connectivity index (χ2n) is 6.56. The van der Waals surface area contributed by atoms with Crippen molar-refractivity contribution in [2.45, 2.75) is 98.3 Å². The van der Waals surface area contributed by atoms with Gasteiger partial charge in [0.05, 0.1) is 12.0 Å². The summed E-state index contributed by atoms with van der Waals surface area (Å²) in [5, 5.41) is 0. The molecule has 0 amide bonds. The van der Waals surface area contributed by atoms with Crippen LogP contribution in [0.5, 0.6) is 0 Å². The Kier molecular flexibility index (Phi) is 15.5. The van der Waals surface area contributed by atoms with Gasteiger partial charge >= 0.3 is 5.97 Å². The molecule has 0 aromatic carbocycles. The van der Waals surface area contributed by atoms with Crippen LogP contribution >= 0.6 is 0 Å². The van der Waals surface area contributed by atoms with Gasteiger partial charge in [0.25, 0.3) is 0 Å². The molecule has 0 radical (unpaired) electrons. The first-order chi connectivity index (χ1) is 9.54. The monoisotopic (exact) mass is 301 g/mol. The summed E-state index contributed by atoms with van der Waals surface area (Å²) in [6.07, 6.45) is 13.9. The smallest absolute Gasteiger partial charge is 0.311 e. The molecule has 0 fully saturated rings. The van der Waals surface area contributed by atoms with Crippen LogP contribution in [0.3, 0.4) is 0 Å². The molecule has 0 aromatic heterocycles. The van der Waals surface area contributed by atoms with E-state index in [9.17, 15) is 4.79 Å². The van der Waals surface area contributed by atoms with Crippen LogP contribution in [-0.2, 0) is 9.53 Å². The zero-order valence-corrected chi connectivity index (χ0v) is 15.0. The van der Waals surface area contributed by atoms with Gasteiger partial charge in [-0.25, -0.2) is 0 Å². The van der Waals surface area contributed by atoms with Crippen LogP contribution in [0.4, 0.5) is 0 Å². The number of carbonyl (C=O) groups excluding carboxylic acids is 1. The van der Waals surface area contributed by atoms with Crippen molar-refractivity contribution in [2.24, 2.45) is 5.41 Å². The number of hydrogen-bond donors (Lipinski definition) is 1. The van der Waals surface area contributed by atoms with Crippen molar-refractivity contribution in [3.8, 4) is 0 Å². The topological polar surface area (TPSA) is 61.3 Å². The molecule has 21 heavy (non-hydrogen) atoms. The van der Waals surface area contributed by atoms with Crippen molar-refractivity contribution in [3.63, 3.8) is 0 Å². The van der Waals surface area contributed by atoms with Gasteiger partial charge in [0, 0.05) is 0 Å². The standard InChI is InChI=1S/C18H36O2.H3N/c1-5-7-8-9-10-11-12-13-14-15-16-20-17(19)18(3,4)6-2;/h5-16H2,1-4H3;1H3. The predicted octanol–water partition coefficient (Wildman–Crippen LogP) is 6.05. The number of rotatable bonds is 13. The van der Waals surface area contributed by atoms with Gasteiger partial charge in [0.1, 0.15) is 0 Å². The van der Waals surface area contributed by atoms with Gasteiger partial charge in [-0.3, -0.25) is 4.79 Å². The first kappa shape index (κ1) is 22.7. The summed E-state index contributed by atoms with van der Waals surface area (Å²) >= 11 is 0. The van der Waals surface area contributed by atoms with Gasteiger partial charge in [-0.15, -0.1) is 0 Å². The first-order valence-electron chi connectivity index (χ1n) is 8.71. The molecule has 0 aromatic rings. The molecule has 0 spiro atoms. The normalized spacial score (nSPS) is 11.0. The van der Waals surface area contributed by atoms with Crippen LogP contribution in [0, 0.1) is 5.41 Å². The van der Waals surface area contributed by atoms with E-state index in [1.165, 1.54) is 57.8 Å². The van der Waals surface area contributed by atoms with Crippen LogP contribution in [0.2, 0.25) is 0 Å². The van der Waals surface area contributed by atoms with Crippen molar-refractivity contribution in [1.29, 1.82) is 0 Å². The second-order valence-corrected chi connectivity index (χ2v) is 6.56. The fourth-order valence-corrected chi connectivity index (χ4v) is 2.09. The minimum absolute atomic E-state index is 0. The molecule has 0 saturated carbocycles. The lowest BCUT2D eigenvalue weighted by molar-refractivity contribution is -0.154. The Labute approximate surface area is 132 Å². The number of carbonyl (C=O) groups is 1. The van der Waals surface area contributed by atoms with Crippen molar-refractivity contribution >= 4 is 5.97 Å². The number of esters is 1. The van der Waals surface area contributed by atoms with E-state index in [0.29, 0.717) is 6.61 Å². The molecule has 0 aliphatic rings. The Balaban J connectivity index is 0. The zero-order chi connectivity index (χ0) is 15.3. The summed E-state index contributed by atoms with van der Waals surface area (Å²) < 4.78 is 5.33. The van der Waals surface area contributed by atoms with E-state index in [0.717, 1.165) is 12.8 Å². The average Bonchev–Trinajstić information content (AvgIpc) is 2.44. The highest BCUT2D eigenvalue weighted by atomic mass is 16.5. The molecule has 3 N–H and O–H groups in total. The van der Waals surface area contributed by atoms with Gasteiger partial charge < -0.3 is 10.9 Å². The fourth-order valence-electron chi connectivity index (χ4n) is 2.09. The molecule has 0 atom stereocenters. The number of ether oxygens (including phenoxy) is 1. The maximum atomic E-state index is 11.7. The van der Waals surface area contributed by atoms with E-state index in [1.807, 2.05) is 20.8 Å². The lowest BCUT2D eigenvalue weighted by Crippen LogP contribution is -2.26. The van der Waals surface area contributed by atoms with E-state index >= 15 is 0 Å². The molecule has 0 unspecified atom stereocenters. The Morgan fingerprint density at radius 3 is 1.67 bits per heavy atom. The third kappa shape index (κ3) is 12.9. The Hall–Kier alpha value is -0.570. The molecule has 3 nitrogen and oxygen atoms in total. The SMILES string of the molecule is CCCCCCCCCCCCOC(=O)C(C)(C)CC.N. The molecule has 3 heteroatoms. The van der Waals surface area contributed by atoms with Crippen LogP contribution in [-0.4, -0.2) is 12.6 Å². The molecular formula is C18H39NO2. The lowest BCUT2D eigenvalue weighted by Gasteiger charge is -2.20. The third-order valence-electron chi connectivity index (χ3n) is 4.17. The highest BCUT2D eigenvalue weighted by Crippen LogP contribution is 2.21. The maximum absolute atomic E-state index is 11.7. The van der Waals surface area contributed by atoms with Crippen molar-refractivity contribution in [3.05, 3.63) is 0 Å². The molecule has 0 aliphatic carbocycles. The summed E-state index contributed by atoms with van der Waals surface area (Å²) in [6.45, 7) is 8.79. The van der Waals surface area contributed by atoms with E-state index in [1.54, 1.807) is 0 Å². The highest BCUT2D eigenvalue weighted by molar-refractivity contribution is 5.75. The minimum Gasteiger partial charge on any atom is -0.465 e. The zero-order valence-electron chi connectivity index (χ0n) is 15.0. The third-order valence-corrected chi connectivity index (χ3v) is 4.17. The van der Waals surface area contributed by atoms with Crippen molar-refractivity contribution < 1.29 is 9.53 Å². The predicted molar refractivity (Wildman–Crippen MR) is 91.9 cm³/mol. The minimum atomic E-state index is -0.321. The van der Waals surface area contributed by atoms with Crippen LogP contribution in [0.25, 0.3) is 0 Å². The largest absolute Gasteiger partial charge is 0.465 e. The van der Waals surface area contributed by atoms with Gasteiger partial charge in [-0.05, 0) is 26.7 Å². The average molecular weight is 302 g/mol. The fraction of sp³-hybridized carbons (Fsp3) is 0.944. The number of unbranched alkanes of at least 4 members (excludes halogenated alkanes) is 9. The first-order valence-corrected chi connectivity index (χ1v) is 8.71. The Morgan fingerprint density at radius 1 is 0.810 bits per heavy atom. The Bertz CT molecular complexity index is 239. The maximum Gasteiger partial charge on any atom is 0.311 e. The van der Waals surface area contributed by atoms with E-state index in [-0.39, 0.29) is 17.5 Å². The molecular weight excluding hydrogens is 262 g/mol. The number of hydrogen-bond acceptors (Lipinski definition) is 3. The molecule has 0 aliphatic heterocycles. The summed E-state index contributed by atoms with van der Waals surface area (Å²) in [6, 6.07) is 0. The molecule has 0 bridgehead atoms. The van der Waals surface area contributed by atoms with Gasteiger partial charge in [-0.2, -0.15) is 0 Å². The second kappa shape index (κ2) is 14.4. The van der Waals surface area contributed by atoms with Crippen LogP contribution in [0.15, 0.2) is 0 Å². The highest BCUT2D eigenvalue weighted by Gasteiger charge is 2.26. The van der Waals surface area contributed by atoms with Gasteiger partial charge in [-0.1, -0.05) is 71.6 Å². The molecule has 0 heterocycles. The molecule has 128 valence electrons. The molecule has 0 saturated heterocycles. The van der Waals surface area contributed by atoms with E-state index < -0.39 is 0 Å². The lowest BCUT2D eigenvalue weighted by atomic mass is 9.91. The summed E-state index contributed by atoms with van der Waals surface area (Å²) in [4.78, 5) is 11.7. The van der Waals surface area contributed by atoms with Gasteiger partial charge in [0.2, 0.25) is 0 Å². The summed E-state index contributed by atoms with van der Waals surface area (Å²) in [5.74, 6) is -0.0454. The van der Waals surface area contributed by atoms with Crippen molar-refractivity contribution in [1.82, 2.24) is 6.15 Å². The van der Waals surface area contributed by atoms with Crippen LogP contribution in [0.1, 0.15) is 98.3 Å². The van der Waals surface area contributed by atoms with E-state index in [2.05, 4.69) is 6.92 Å². The summed E-state index contributed by atoms with van der Waals surface area (Å²) in [5.41, 5.74) is -0.321. The Morgan fingerprint density at radius 2 is 1.24 bits per heavy atom. The van der Waals surface area contributed by atoms with Crippen LogP contribution < -0.4 is 6.15 Å². The van der Waals surface area contributed by atoms with Crippen molar-refractivity contribution in [2.75, 3.05) is 6.61 Å². The van der Waals surface area contributed by atoms with E-state index in [4.69, 9.17) is 4.74 Å². The summed E-state index contributed by atoms with van der Waals surface area (Å²) in [7, 11) is 0. The molecule has 0 rings (SSSR count).